The first-order chi connectivity index (χ1) is 12.6. The number of methoxy groups -OCH3 is 1. The Morgan fingerprint density at radius 2 is 1.88 bits per heavy atom. The van der Waals surface area contributed by atoms with Gasteiger partial charge in [0.15, 0.2) is 0 Å². The molecule has 2 aromatic rings. The smallest absolute Gasteiger partial charge is 0.317 e. The Balaban J connectivity index is 1.66. The van der Waals surface area contributed by atoms with Crippen LogP contribution < -0.4 is 4.74 Å². The first-order valence-corrected chi connectivity index (χ1v) is 9.34. The monoisotopic (exact) mass is 356 g/mol. The summed E-state index contributed by atoms with van der Waals surface area (Å²) in [6.07, 6.45) is 2.02. The molecule has 5 heteroatoms. The highest BCUT2D eigenvalue weighted by Gasteiger charge is 2.25. The van der Waals surface area contributed by atoms with E-state index in [4.69, 9.17) is 9.84 Å². The molecular formula is C21H28N2O3. The summed E-state index contributed by atoms with van der Waals surface area (Å²) in [5.74, 6) is 0.196. The molecule has 5 nitrogen and oxygen atoms in total. The number of carboxylic acid groups (broad SMARTS) is 1. The second kappa shape index (κ2) is 8.52. The standard InChI is InChI=1S/C21H28N2O3/c1-3-23(15-21(24)25)19-8-10-22(11-9-19)14-18-12-16-6-4-5-7-17(16)13-20(18)26-2/h4-7,12-13,19H,3,8-11,14-15H2,1-2H3,(H,24,25). The minimum absolute atomic E-state index is 0.139. The van der Waals surface area contributed by atoms with Crippen LogP contribution in [0.2, 0.25) is 0 Å². The highest BCUT2D eigenvalue weighted by Crippen LogP contribution is 2.28. The van der Waals surface area contributed by atoms with E-state index >= 15 is 0 Å². The third kappa shape index (κ3) is 4.34. The Morgan fingerprint density at radius 1 is 1.23 bits per heavy atom. The largest absolute Gasteiger partial charge is 0.496 e. The van der Waals surface area contributed by atoms with Gasteiger partial charge in [0.2, 0.25) is 0 Å². The number of benzene rings is 2. The number of likely N-dealkylation sites (tertiary alicyclic amines) is 1. The number of hydrogen-bond acceptors (Lipinski definition) is 4. The van der Waals surface area contributed by atoms with Gasteiger partial charge in [-0.05, 0) is 55.4 Å². The fraction of sp³-hybridized carbons (Fsp3) is 0.476. The normalized spacial score (nSPS) is 16.3. The quantitative estimate of drug-likeness (QED) is 0.825. The van der Waals surface area contributed by atoms with Gasteiger partial charge in [0.05, 0.1) is 13.7 Å². The van der Waals surface area contributed by atoms with Gasteiger partial charge < -0.3 is 9.84 Å². The Morgan fingerprint density at radius 3 is 2.46 bits per heavy atom. The number of fused-ring (bicyclic) bond motifs is 1. The Hall–Kier alpha value is -2.11. The molecule has 26 heavy (non-hydrogen) atoms. The van der Waals surface area contributed by atoms with Gasteiger partial charge in [-0.15, -0.1) is 0 Å². The highest BCUT2D eigenvalue weighted by molar-refractivity contribution is 5.85. The van der Waals surface area contributed by atoms with Crippen molar-refractivity contribution in [3.8, 4) is 5.75 Å². The lowest BCUT2D eigenvalue weighted by atomic mass is 10.0. The molecule has 0 atom stereocenters. The van der Waals surface area contributed by atoms with Crippen LogP contribution >= 0.6 is 0 Å². The summed E-state index contributed by atoms with van der Waals surface area (Å²) >= 11 is 0. The van der Waals surface area contributed by atoms with E-state index in [1.165, 1.54) is 16.3 Å². The summed E-state index contributed by atoms with van der Waals surface area (Å²) in [6, 6.07) is 13.1. The topological polar surface area (TPSA) is 53.0 Å². The minimum Gasteiger partial charge on any atom is -0.496 e. The van der Waals surface area contributed by atoms with Crippen molar-refractivity contribution >= 4 is 16.7 Å². The maximum atomic E-state index is 11.0. The fourth-order valence-corrected chi connectivity index (χ4v) is 3.94. The van der Waals surface area contributed by atoms with Crippen molar-refractivity contribution in [2.45, 2.75) is 32.4 Å². The van der Waals surface area contributed by atoms with Crippen molar-refractivity contribution in [3.63, 3.8) is 0 Å². The van der Waals surface area contributed by atoms with Crippen LogP contribution in [0.4, 0.5) is 0 Å². The number of likely N-dealkylation sites (N-methyl/N-ethyl adjacent to an activating group) is 1. The van der Waals surface area contributed by atoms with E-state index in [1.807, 2.05) is 13.0 Å². The molecule has 1 aliphatic rings. The molecule has 1 heterocycles. The average molecular weight is 356 g/mol. The van der Waals surface area contributed by atoms with E-state index in [9.17, 15) is 4.79 Å². The highest BCUT2D eigenvalue weighted by atomic mass is 16.5. The van der Waals surface area contributed by atoms with Crippen molar-refractivity contribution in [2.75, 3.05) is 33.3 Å². The number of carbonyl (C=O) groups is 1. The molecule has 1 aliphatic heterocycles. The fourth-order valence-electron chi connectivity index (χ4n) is 3.94. The predicted octanol–water partition coefficient (Wildman–Crippen LogP) is 3.22. The number of nitrogens with zero attached hydrogens (tertiary/aromatic N) is 2. The molecule has 0 amide bonds. The minimum atomic E-state index is -0.741. The lowest BCUT2D eigenvalue weighted by Crippen LogP contribution is -2.46. The maximum Gasteiger partial charge on any atom is 0.317 e. The molecule has 0 saturated carbocycles. The zero-order chi connectivity index (χ0) is 18.5. The molecule has 0 aromatic heterocycles. The van der Waals surface area contributed by atoms with E-state index < -0.39 is 5.97 Å². The van der Waals surface area contributed by atoms with Crippen molar-refractivity contribution in [3.05, 3.63) is 42.0 Å². The molecule has 0 spiro atoms. The van der Waals surface area contributed by atoms with Gasteiger partial charge in [-0.25, -0.2) is 0 Å². The lowest BCUT2D eigenvalue weighted by Gasteiger charge is -2.37. The molecular weight excluding hydrogens is 328 g/mol. The van der Waals surface area contributed by atoms with Crippen molar-refractivity contribution < 1.29 is 14.6 Å². The third-order valence-electron chi connectivity index (χ3n) is 5.36. The summed E-state index contributed by atoms with van der Waals surface area (Å²) in [6.45, 7) is 5.80. The van der Waals surface area contributed by atoms with Gasteiger partial charge in [-0.1, -0.05) is 31.2 Å². The van der Waals surface area contributed by atoms with Crippen LogP contribution in [0.3, 0.4) is 0 Å². The molecule has 1 fully saturated rings. The molecule has 3 rings (SSSR count). The second-order valence-corrected chi connectivity index (χ2v) is 6.98. The molecule has 0 aliphatic carbocycles. The summed E-state index contributed by atoms with van der Waals surface area (Å²) in [5.41, 5.74) is 1.21. The SMILES string of the molecule is CCN(CC(=O)O)C1CCN(Cc2cc3ccccc3cc2OC)CC1. The molecule has 0 radical (unpaired) electrons. The number of carboxylic acids is 1. The van der Waals surface area contributed by atoms with Crippen LogP contribution in [0, 0.1) is 0 Å². The van der Waals surface area contributed by atoms with Crippen LogP contribution in [0.15, 0.2) is 36.4 Å². The zero-order valence-electron chi connectivity index (χ0n) is 15.6. The molecule has 0 bridgehead atoms. The third-order valence-corrected chi connectivity index (χ3v) is 5.36. The molecule has 140 valence electrons. The van der Waals surface area contributed by atoms with Crippen LogP contribution in [0.5, 0.6) is 5.75 Å². The lowest BCUT2D eigenvalue weighted by molar-refractivity contribution is -0.139. The Bertz CT molecular complexity index is 754. The van der Waals surface area contributed by atoms with Gasteiger partial charge in [0.1, 0.15) is 5.75 Å². The van der Waals surface area contributed by atoms with Crippen LogP contribution in [0.1, 0.15) is 25.3 Å². The zero-order valence-corrected chi connectivity index (χ0v) is 15.6. The van der Waals surface area contributed by atoms with Gasteiger partial charge in [0, 0.05) is 18.2 Å². The maximum absolute atomic E-state index is 11.0. The summed E-state index contributed by atoms with van der Waals surface area (Å²) in [7, 11) is 1.73. The van der Waals surface area contributed by atoms with Gasteiger partial charge in [-0.2, -0.15) is 0 Å². The summed E-state index contributed by atoms with van der Waals surface area (Å²) in [5, 5.41) is 11.5. The van der Waals surface area contributed by atoms with Crippen molar-refractivity contribution in [1.82, 2.24) is 9.80 Å². The first kappa shape index (κ1) is 18.7. The van der Waals surface area contributed by atoms with Crippen molar-refractivity contribution in [1.29, 1.82) is 0 Å². The van der Waals surface area contributed by atoms with E-state index in [1.54, 1.807) is 7.11 Å². The summed E-state index contributed by atoms with van der Waals surface area (Å²) in [4.78, 5) is 15.6. The summed E-state index contributed by atoms with van der Waals surface area (Å²) < 4.78 is 5.62. The Kier molecular flexibility index (Phi) is 6.12. The molecule has 2 aromatic carbocycles. The number of ether oxygens (including phenoxy) is 1. The number of rotatable bonds is 7. The molecule has 1 N–H and O–H groups in total. The van der Waals surface area contributed by atoms with Gasteiger partial charge in [0.25, 0.3) is 0 Å². The van der Waals surface area contributed by atoms with E-state index in [0.717, 1.165) is 44.8 Å². The molecule has 0 unspecified atom stereocenters. The van der Waals surface area contributed by atoms with Gasteiger partial charge in [-0.3, -0.25) is 14.6 Å². The van der Waals surface area contributed by atoms with E-state index in [0.29, 0.717) is 6.04 Å². The first-order valence-electron chi connectivity index (χ1n) is 9.34. The van der Waals surface area contributed by atoms with Crippen molar-refractivity contribution in [2.24, 2.45) is 0 Å². The van der Waals surface area contributed by atoms with Crippen LogP contribution in [0.25, 0.3) is 10.8 Å². The number of hydrogen-bond donors (Lipinski definition) is 1. The van der Waals surface area contributed by atoms with Crippen LogP contribution in [-0.4, -0.2) is 60.2 Å². The second-order valence-electron chi connectivity index (χ2n) is 6.98. The number of piperidine rings is 1. The van der Waals surface area contributed by atoms with E-state index in [2.05, 4.69) is 40.1 Å². The average Bonchev–Trinajstić information content (AvgIpc) is 2.66. The van der Waals surface area contributed by atoms with E-state index in [-0.39, 0.29) is 6.54 Å². The predicted molar refractivity (Wildman–Crippen MR) is 104 cm³/mol. The molecule has 1 saturated heterocycles. The van der Waals surface area contributed by atoms with Crippen LogP contribution in [-0.2, 0) is 11.3 Å². The number of aliphatic carboxylic acids is 1. The van der Waals surface area contributed by atoms with Gasteiger partial charge >= 0.3 is 5.97 Å². The Labute approximate surface area is 155 Å².